The van der Waals surface area contributed by atoms with Gasteiger partial charge < -0.3 is 14.2 Å². The van der Waals surface area contributed by atoms with Crippen LogP contribution in [0.2, 0.25) is 0 Å². The van der Waals surface area contributed by atoms with Gasteiger partial charge in [-0.25, -0.2) is 4.79 Å². The summed E-state index contributed by atoms with van der Waals surface area (Å²) in [5.41, 5.74) is 0.468. The van der Waals surface area contributed by atoms with Gasteiger partial charge in [-0.3, -0.25) is 0 Å². The lowest BCUT2D eigenvalue weighted by Crippen LogP contribution is -2.07. The van der Waals surface area contributed by atoms with Crippen molar-refractivity contribution in [2.75, 3.05) is 26.4 Å². The Morgan fingerprint density at radius 3 is 2.56 bits per heavy atom. The van der Waals surface area contributed by atoms with Gasteiger partial charge in [-0.2, -0.15) is 0 Å². The predicted octanol–water partition coefficient (Wildman–Crippen LogP) is 2.29. The molecule has 0 aliphatic heterocycles. The molecule has 94 valence electrons. The molecule has 0 spiro atoms. The topological polar surface area (TPSA) is 44.8 Å². The van der Waals surface area contributed by atoms with Crippen molar-refractivity contribution in [3.8, 4) is 0 Å². The molecule has 4 heteroatoms. The quantitative estimate of drug-likeness (QED) is 0.264. The predicted molar refractivity (Wildman–Crippen MR) is 62.1 cm³/mol. The van der Waals surface area contributed by atoms with E-state index >= 15 is 0 Å². The smallest absolute Gasteiger partial charge is 0.336 e. The van der Waals surface area contributed by atoms with E-state index in [-0.39, 0.29) is 5.97 Å². The highest BCUT2D eigenvalue weighted by Gasteiger charge is 2.03. The third-order valence-electron chi connectivity index (χ3n) is 1.85. The highest BCUT2D eigenvalue weighted by molar-refractivity contribution is 5.87. The Balaban J connectivity index is 3.47. The maximum absolute atomic E-state index is 11.1. The number of hydrogen-bond acceptors (Lipinski definition) is 4. The van der Waals surface area contributed by atoms with Crippen molar-refractivity contribution < 1.29 is 19.0 Å². The molecule has 16 heavy (non-hydrogen) atoms. The summed E-state index contributed by atoms with van der Waals surface area (Å²) >= 11 is 0. The Bertz CT molecular complexity index is 211. The molecule has 0 heterocycles. The third kappa shape index (κ3) is 8.29. The van der Waals surface area contributed by atoms with Crippen LogP contribution in [0, 0.1) is 0 Å². The zero-order valence-electron chi connectivity index (χ0n) is 10.5. The molecule has 0 unspecified atom stereocenters. The molecule has 0 fully saturated rings. The molecule has 0 bridgehead atoms. The highest BCUT2D eigenvalue weighted by Crippen LogP contribution is 1.97. The van der Waals surface area contributed by atoms with Gasteiger partial charge in [0, 0.05) is 6.61 Å². The summed E-state index contributed by atoms with van der Waals surface area (Å²) in [6.45, 7) is 7.70. The number of unbranched alkanes of at least 4 members (excludes halogenated alkanes) is 1. The second-order valence-corrected chi connectivity index (χ2v) is 3.36. The first kappa shape index (κ1) is 15.0. The van der Waals surface area contributed by atoms with E-state index in [0.29, 0.717) is 25.4 Å². The minimum absolute atomic E-state index is 0.339. The van der Waals surface area contributed by atoms with Crippen LogP contribution in [0.5, 0.6) is 0 Å². The summed E-state index contributed by atoms with van der Waals surface area (Å²) in [6, 6.07) is 0. The molecule has 0 atom stereocenters. The van der Waals surface area contributed by atoms with Crippen molar-refractivity contribution in [2.45, 2.75) is 33.6 Å². The molecule has 0 aliphatic rings. The van der Waals surface area contributed by atoms with E-state index in [2.05, 4.69) is 6.92 Å². The fourth-order valence-electron chi connectivity index (χ4n) is 0.932. The first-order valence-electron chi connectivity index (χ1n) is 5.75. The van der Waals surface area contributed by atoms with Crippen molar-refractivity contribution >= 4 is 5.97 Å². The van der Waals surface area contributed by atoms with Crippen molar-refractivity contribution in [1.82, 2.24) is 0 Å². The van der Waals surface area contributed by atoms with E-state index in [1.54, 1.807) is 13.8 Å². The fraction of sp³-hybridized carbons (Fsp3) is 0.750. The lowest BCUT2D eigenvalue weighted by atomic mass is 10.3. The lowest BCUT2D eigenvalue weighted by Gasteiger charge is -2.04. The first-order valence-corrected chi connectivity index (χ1v) is 5.75. The summed E-state index contributed by atoms with van der Waals surface area (Å²) in [5.74, 6) is -0.339. The van der Waals surface area contributed by atoms with Crippen LogP contribution in [-0.4, -0.2) is 32.4 Å². The van der Waals surface area contributed by atoms with Gasteiger partial charge in [0.2, 0.25) is 0 Å². The zero-order chi connectivity index (χ0) is 12.2. The van der Waals surface area contributed by atoms with Gasteiger partial charge in [0.1, 0.15) is 6.61 Å². The van der Waals surface area contributed by atoms with Crippen LogP contribution in [0.25, 0.3) is 0 Å². The van der Waals surface area contributed by atoms with Gasteiger partial charge in [0.05, 0.1) is 25.0 Å². The Hall–Kier alpha value is -1.03. The number of ether oxygens (including phenoxy) is 3. The number of carbonyl (C=O) groups is 1. The van der Waals surface area contributed by atoms with Crippen LogP contribution >= 0.6 is 0 Å². The van der Waals surface area contributed by atoms with Crippen LogP contribution < -0.4 is 0 Å². The number of hydrogen-bond donors (Lipinski definition) is 0. The molecule has 0 N–H and O–H groups in total. The third-order valence-corrected chi connectivity index (χ3v) is 1.85. The summed E-state index contributed by atoms with van der Waals surface area (Å²) in [6.07, 6.45) is 3.61. The summed E-state index contributed by atoms with van der Waals surface area (Å²) in [5, 5.41) is 0. The van der Waals surface area contributed by atoms with Gasteiger partial charge in [0.25, 0.3) is 0 Å². The molecule has 0 radical (unpaired) electrons. The number of esters is 1. The van der Waals surface area contributed by atoms with Crippen molar-refractivity contribution in [3.05, 3.63) is 11.8 Å². The highest BCUT2D eigenvalue weighted by atomic mass is 16.5. The first-order chi connectivity index (χ1) is 7.72. The molecule has 0 amide bonds. The number of rotatable bonds is 9. The van der Waals surface area contributed by atoms with Crippen LogP contribution in [0.3, 0.4) is 0 Å². The number of carbonyl (C=O) groups excluding carboxylic acids is 1. The van der Waals surface area contributed by atoms with Gasteiger partial charge in [-0.05, 0) is 20.3 Å². The monoisotopic (exact) mass is 230 g/mol. The van der Waals surface area contributed by atoms with Gasteiger partial charge >= 0.3 is 5.97 Å². The maximum atomic E-state index is 11.1. The van der Waals surface area contributed by atoms with Gasteiger partial charge in [-0.1, -0.05) is 13.3 Å². The van der Waals surface area contributed by atoms with Crippen LogP contribution in [0.4, 0.5) is 0 Å². The Morgan fingerprint density at radius 2 is 1.94 bits per heavy atom. The summed E-state index contributed by atoms with van der Waals surface area (Å²) < 4.78 is 15.2. The Labute approximate surface area is 97.6 Å². The van der Waals surface area contributed by atoms with Crippen molar-refractivity contribution in [2.24, 2.45) is 0 Å². The fourth-order valence-corrected chi connectivity index (χ4v) is 0.932. The molecule has 0 aromatic carbocycles. The molecule has 0 saturated heterocycles. The van der Waals surface area contributed by atoms with Crippen molar-refractivity contribution in [1.29, 1.82) is 0 Å². The van der Waals surface area contributed by atoms with E-state index in [1.807, 2.05) is 0 Å². The van der Waals surface area contributed by atoms with Crippen LogP contribution in [0.1, 0.15) is 33.6 Å². The van der Waals surface area contributed by atoms with Crippen LogP contribution in [0.15, 0.2) is 11.8 Å². The van der Waals surface area contributed by atoms with E-state index < -0.39 is 0 Å². The molecule has 0 rings (SSSR count). The molecule has 0 aliphatic carbocycles. The van der Waals surface area contributed by atoms with E-state index in [0.717, 1.165) is 19.4 Å². The molecular weight excluding hydrogens is 208 g/mol. The largest absolute Gasteiger partial charge is 0.498 e. The zero-order valence-corrected chi connectivity index (χ0v) is 10.5. The molecule has 0 saturated carbocycles. The molecule has 0 aromatic rings. The second kappa shape index (κ2) is 10.5. The van der Waals surface area contributed by atoms with Crippen molar-refractivity contribution in [3.63, 3.8) is 0 Å². The molecule has 4 nitrogen and oxygen atoms in total. The lowest BCUT2D eigenvalue weighted by molar-refractivity contribution is -0.138. The standard InChI is InChI=1S/C12H22O4/c1-4-6-7-14-8-9-15-10-11(3)12(13)16-5-2/h10H,4-9H2,1-3H3. The van der Waals surface area contributed by atoms with E-state index in [4.69, 9.17) is 14.2 Å². The minimum Gasteiger partial charge on any atom is -0.498 e. The summed E-state index contributed by atoms with van der Waals surface area (Å²) in [7, 11) is 0. The maximum Gasteiger partial charge on any atom is 0.336 e. The Morgan fingerprint density at radius 1 is 1.19 bits per heavy atom. The van der Waals surface area contributed by atoms with Gasteiger partial charge in [-0.15, -0.1) is 0 Å². The molecular formula is C12H22O4. The van der Waals surface area contributed by atoms with E-state index in [9.17, 15) is 4.79 Å². The summed E-state index contributed by atoms with van der Waals surface area (Å²) in [4.78, 5) is 11.1. The normalized spacial score (nSPS) is 11.3. The second-order valence-electron chi connectivity index (χ2n) is 3.36. The Kier molecular flexibility index (Phi) is 9.81. The molecule has 0 aromatic heterocycles. The minimum atomic E-state index is -0.339. The SMILES string of the molecule is CCCCOCCOC=C(C)C(=O)OCC. The van der Waals surface area contributed by atoms with Crippen LogP contribution in [-0.2, 0) is 19.0 Å². The van der Waals surface area contributed by atoms with E-state index in [1.165, 1.54) is 6.26 Å². The average Bonchev–Trinajstić information content (AvgIpc) is 2.28. The van der Waals surface area contributed by atoms with Gasteiger partial charge in [0.15, 0.2) is 0 Å². The average molecular weight is 230 g/mol.